The highest BCUT2D eigenvalue weighted by molar-refractivity contribution is 6.31. The van der Waals surface area contributed by atoms with Crippen LogP contribution in [0.15, 0.2) is 12.1 Å². The molecule has 0 saturated heterocycles. The van der Waals surface area contributed by atoms with Crippen molar-refractivity contribution in [3.63, 3.8) is 0 Å². The molecule has 0 bridgehead atoms. The Labute approximate surface area is 130 Å². The number of ether oxygens (including phenoxy) is 3. The summed E-state index contributed by atoms with van der Waals surface area (Å²) in [6.07, 6.45) is 0.398. The Balaban J connectivity index is 3.07. The van der Waals surface area contributed by atoms with Gasteiger partial charge in [-0.3, -0.25) is 4.79 Å². The molecule has 2 N–H and O–H groups in total. The van der Waals surface area contributed by atoms with Crippen molar-refractivity contribution in [1.82, 2.24) is 0 Å². The minimum absolute atomic E-state index is 0.311. The van der Waals surface area contributed by atoms with Gasteiger partial charge in [0.15, 0.2) is 11.5 Å². The Kier molecular flexibility index (Phi) is 5.87. The van der Waals surface area contributed by atoms with Crippen LogP contribution in [0, 0.1) is 5.41 Å². The van der Waals surface area contributed by atoms with Crippen LogP contribution in [-0.4, -0.2) is 27.3 Å². The maximum absolute atomic E-state index is 11.8. The SMILES string of the molecule is COC(=O)C(C)(C)CC(N)c1cc(OC)c(OC)cc1Cl. The zero-order chi connectivity index (χ0) is 16.2. The minimum Gasteiger partial charge on any atom is -0.493 e. The topological polar surface area (TPSA) is 70.8 Å². The average Bonchev–Trinajstić information content (AvgIpc) is 2.45. The lowest BCUT2D eigenvalue weighted by molar-refractivity contribution is -0.151. The number of carbonyl (C=O) groups is 1. The molecule has 0 saturated carbocycles. The number of methoxy groups -OCH3 is 3. The molecule has 6 heteroatoms. The maximum Gasteiger partial charge on any atom is 0.311 e. The van der Waals surface area contributed by atoms with E-state index in [0.717, 1.165) is 0 Å². The first kappa shape index (κ1) is 17.6. The number of esters is 1. The highest BCUT2D eigenvalue weighted by Crippen LogP contribution is 2.38. The molecule has 0 aliphatic carbocycles. The lowest BCUT2D eigenvalue weighted by Crippen LogP contribution is -2.30. The molecule has 0 aromatic heterocycles. The fourth-order valence-electron chi connectivity index (χ4n) is 2.17. The van der Waals surface area contributed by atoms with Crippen LogP contribution in [0.1, 0.15) is 31.9 Å². The third-order valence-corrected chi connectivity index (χ3v) is 3.70. The molecule has 0 spiro atoms. The first-order valence-corrected chi connectivity index (χ1v) is 6.90. The van der Waals surface area contributed by atoms with Crippen molar-refractivity contribution in [3.8, 4) is 11.5 Å². The second-order valence-electron chi connectivity index (χ2n) is 5.41. The molecule has 118 valence electrons. The lowest BCUT2D eigenvalue weighted by atomic mass is 9.84. The van der Waals surface area contributed by atoms with Gasteiger partial charge in [0.2, 0.25) is 0 Å². The van der Waals surface area contributed by atoms with E-state index in [9.17, 15) is 4.79 Å². The Bertz CT molecular complexity index is 517. The standard InChI is InChI=1S/C15H22ClNO4/c1-15(2,14(18)21-5)8-11(17)9-6-12(19-3)13(20-4)7-10(9)16/h6-7,11H,8,17H2,1-5H3. The van der Waals surface area contributed by atoms with Crippen molar-refractivity contribution in [2.75, 3.05) is 21.3 Å². The summed E-state index contributed by atoms with van der Waals surface area (Å²) in [4.78, 5) is 11.8. The fourth-order valence-corrected chi connectivity index (χ4v) is 2.47. The van der Waals surface area contributed by atoms with Crippen LogP contribution in [0.3, 0.4) is 0 Å². The first-order chi connectivity index (χ1) is 9.76. The van der Waals surface area contributed by atoms with E-state index in [0.29, 0.717) is 28.5 Å². The Hall–Kier alpha value is -1.46. The van der Waals surface area contributed by atoms with Crippen molar-refractivity contribution in [1.29, 1.82) is 0 Å². The molecule has 1 aromatic rings. The van der Waals surface area contributed by atoms with E-state index in [1.165, 1.54) is 14.2 Å². The van der Waals surface area contributed by atoms with Crippen LogP contribution in [0.25, 0.3) is 0 Å². The molecule has 0 radical (unpaired) electrons. The number of rotatable bonds is 6. The summed E-state index contributed by atoms with van der Waals surface area (Å²) in [5.74, 6) is 0.767. The van der Waals surface area contributed by atoms with Gasteiger partial charge in [0.1, 0.15) is 0 Å². The predicted octanol–water partition coefficient (Wildman–Crippen LogP) is 2.95. The van der Waals surface area contributed by atoms with Gasteiger partial charge in [0, 0.05) is 17.1 Å². The quantitative estimate of drug-likeness (QED) is 0.817. The molecule has 21 heavy (non-hydrogen) atoms. The molecule has 1 rings (SSSR count). The third-order valence-electron chi connectivity index (χ3n) is 3.37. The predicted molar refractivity (Wildman–Crippen MR) is 81.9 cm³/mol. The van der Waals surface area contributed by atoms with Gasteiger partial charge in [-0.2, -0.15) is 0 Å². The highest BCUT2D eigenvalue weighted by atomic mass is 35.5. The normalized spacial score (nSPS) is 12.7. The van der Waals surface area contributed by atoms with Gasteiger partial charge < -0.3 is 19.9 Å². The van der Waals surface area contributed by atoms with Crippen LogP contribution < -0.4 is 15.2 Å². The van der Waals surface area contributed by atoms with Crippen molar-refractivity contribution >= 4 is 17.6 Å². The Morgan fingerprint density at radius 2 is 1.76 bits per heavy atom. The van der Waals surface area contributed by atoms with E-state index in [4.69, 9.17) is 31.5 Å². The zero-order valence-corrected chi connectivity index (χ0v) is 13.8. The van der Waals surface area contributed by atoms with Gasteiger partial charge >= 0.3 is 5.97 Å². The highest BCUT2D eigenvalue weighted by Gasteiger charge is 2.32. The first-order valence-electron chi connectivity index (χ1n) is 6.52. The summed E-state index contributed by atoms with van der Waals surface area (Å²) >= 11 is 6.24. The van der Waals surface area contributed by atoms with Gasteiger partial charge in [-0.05, 0) is 31.9 Å². The van der Waals surface area contributed by atoms with Crippen molar-refractivity contribution in [2.45, 2.75) is 26.3 Å². The molecule has 0 aliphatic rings. The van der Waals surface area contributed by atoms with Gasteiger partial charge in [0.25, 0.3) is 0 Å². The van der Waals surface area contributed by atoms with Crippen LogP contribution in [-0.2, 0) is 9.53 Å². The number of halogens is 1. The average molecular weight is 316 g/mol. The molecule has 0 heterocycles. The largest absolute Gasteiger partial charge is 0.493 e. The number of carbonyl (C=O) groups excluding carboxylic acids is 1. The zero-order valence-electron chi connectivity index (χ0n) is 13.0. The molecule has 5 nitrogen and oxygen atoms in total. The van der Waals surface area contributed by atoms with E-state index in [1.54, 1.807) is 33.1 Å². The third kappa shape index (κ3) is 4.02. The summed E-state index contributed by atoms with van der Waals surface area (Å²) in [6.45, 7) is 3.57. The van der Waals surface area contributed by atoms with Crippen molar-refractivity contribution in [3.05, 3.63) is 22.7 Å². The van der Waals surface area contributed by atoms with Crippen molar-refractivity contribution in [2.24, 2.45) is 11.1 Å². The summed E-state index contributed by atoms with van der Waals surface area (Å²) in [6, 6.07) is 2.96. The van der Waals surface area contributed by atoms with Gasteiger partial charge in [-0.25, -0.2) is 0 Å². The number of nitrogens with two attached hydrogens (primary N) is 1. The number of benzene rings is 1. The summed E-state index contributed by atoms with van der Waals surface area (Å²) < 4.78 is 15.2. The van der Waals surface area contributed by atoms with E-state index in [1.807, 2.05) is 0 Å². The molecular weight excluding hydrogens is 294 g/mol. The molecule has 1 unspecified atom stereocenters. The fraction of sp³-hybridized carbons (Fsp3) is 0.533. The Morgan fingerprint density at radius 3 is 2.24 bits per heavy atom. The molecular formula is C15H22ClNO4. The second kappa shape index (κ2) is 7.00. The number of hydrogen-bond donors (Lipinski definition) is 1. The van der Waals surface area contributed by atoms with Gasteiger partial charge in [-0.1, -0.05) is 11.6 Å². The van der Waals surface area contributed by atoms with Gasteiger partial charge in [0.05, 0.1) is 26.7 Å². The molecule has 0 amide bonds. The van der Waals surface area contributed by atoms with E-state index in [2.05, 4.69) is 0 Å². The lowest BCUT2D eigenvalue weighted by Gasteiger charge is -2.26. The van der Waals surface area contributed by atoms with E-state index in [-0.39, 0.29) is 5.97 Å². The minimum atomic E-state index is -0.704. The molecule has 1 aromatic carbocycles. The van der Waals surface area contributed by atoms with E-state index < -0.39 is 11.5 Å². The maximum atomic E-state index is 11.8. The monoisotopic (exact) mass is 315 g/mol. The van der Waals surface area contributed by atoms with Crippen molar-refractivity contribution < 1.29 is 19.0 Å². The van der Waals surface area contributed by atoms with Gasteiger partial charge in [-0.15, -0.1) is 0 Å². The molecule has 0 fully saturated rings. The summed E-state index contributed by atoms with van der Waals surface area (Å²) in [7, 11) is 4.44. The van der Waals surface area contributed by atoms with Crippen LogP contribution in [0.2, 0.25) is 5.02 Å². The summed E-state index contributed by atoms with van der Waals surface area (Å²) in [5, 5.41) is 0.473. The second-order valence-corrected chi connectivity index (χ2v) is 5.82. The summed E-state index contributed by atoms with van der Waals surface area (Å²) in [5.41, 5.74) is 6.20. The smallest absolute Gasteiger partial charge is 0.311 e. The van der Waals surface area contributed by atoms with Crippen LogP contribution in [0.4, 0.5) is 0 Å². The van der Waals surface area contributed by atoms with Crippen LogP contribution in [0.5, 0.6) is 11.5 Å². The number of hydrogen-bond acceptors (Lipinski definition) is 5. The van der Waals surface area contributed by atoms with Crippen LogP contribution >= 0.6 is 11.6 Å². The Morgan fingerprint density at radius 1 is 1.24 bits per heavy atom. The van der Waals surface area contributed by atoms with E-state index >= 15 is 0 Å². The molecule has 0 aliphatic heterocycles. The molecule has 1 atom stereocenters.